The van der Waals surface area contributed by atoms with Gasteiger partial charge < -0.3 is 24.6 Å². The predicted octanol–water partition coefficient (Wildman–Crippen LogP) is 5.13. The van der Waals surface area contributed by atoms with Crippen LogP contribution in [0.4, 0.5) is 27.6 Å². The monoisotopic (exact) mass is 544 g/mol. The lowest BCUT2D eigenvalue weighted by molar-refractivity contribution is -0.272. The number of hydrogen-bond donors (Lipinski definition) is 2. The molecule has 7 nitrogen and oxygen atoms in total. The topological polar surface area (TPSA) is 89.9 Å². The van der Waals surface area contributed by atoms with Crippen LogP contribution in [0.15, 0.2) is 30.5 Å². The fourth-order valence-electron chi connectivity index (χ4n) is 5.17. The number of carbonyl (C=O) groups is 1. The second-order valence-electron chi connectivity index (χ2n) is 9.82. The van der Waals surface area contributed by atoms with Crippen LogP contribution in [-0.2, 0) is 9.53 Å². The zero-order valence-electron chi connectivity index (χ0n) is 21.0. The number of methoxy groups -OCH3 is 1. The molecule has 12 heteroatoms. The van der Waals surface area contributed by atoms with Crippen LogP contribution in [0.3, 0.4) is 0 Å². The SMILES string of the molecule is COc1c([C@H]2[C@H](C(=O)Nc3ccnc(O[C@H]4CCCC[C@H]4O)c3)O[C@@](C)(C(F)(F)F)[C@H]2C)ccc(F)c1F. The summed E-state index contributed by atoms with van der Waals surface area (Å²) < 4.78 is 86.8. The summed E-state index contributed by atoms with van der Waals surface area (Å²) >= 11 is 0. The number of halogens is 5. The molecular weight excluding hydrogens is 515 g/mol. The van der Waals surface area contributed by atoms with Gasteiger partial charge in [-0.3, -0.25) is 4.79 Å². The van der Waals surface area contributed by atoms with Crippen LogP contribution in [0.25, 0.3) is 0 Å². The molecule has 2 fully saturated rings. The normalized spacial score (nSPS) is 29.7. The van der Waals surface area contributed by atoms with Crippen LogP contribution in [0.5, 0.6) is 11.6 Å². The van der Waals surface area contributed by atoms with Crippen molar-refractivity contribution in [1.29, 1.82) is 0 Å². The van der Waals surface area contributed by atoms with Crippen molar-refractivity contribution in [2.45, 2.75) is 75.5 Å². The summed E-state index contributed by atoms with van der Waals surface area (Å²) in [6.45, 7) is 2.05. The van der Waals surface area contributed by atoms with E-state index in [4.69, 9.17) is 14.2 Å². The molecule has 1 aromatic heterocycles. The molecule has 6 atom stereocenters. The number of hydrogen-bond acceptors (Lipinski definition) is 6. The minimum absolute atomic E-state index is 0.119. The van der Waals surface area contributed by atoms with E-state index in [1.54, 1.807) is 0 Å². The molecule has 2 aliphatic rings. The van der Waals surface area contributed by atoms with Crippen LogP contribution in [0.1, 0.15) is 51.0 Å². The van der Waals surface area contributed by atoms with E-state index in [2.05, 4.69) is 10.3 Å². The molecule has 2 aromatic rings. The Morgan fingerprint density at radius 2 is 1.92 bits per heavy atom. The number of alkyl halides is 3. The molecule has 1 aromatic carbocycles. The maximum absolute atomic E-state index is 14.5. The molecule has 0 bridgehead atoms. The van der Waals surface area contributed by atoms with Gasteiger partial charge in [-0.25, -0.2) is 9.37 Å². The number of benzene rings is 1. The first-order valence-electron chi connectivity index (χ1n) is 12.3. The molecule has 38 heavy (non-hydrogen) atoms. The summed E-state index contributed by atoms with van der Waals surface area (Å²) in [6, 6.07) is 4.66. The highest BCUT2D eigenvalue weighted by atomic mass is 19.4. The molecule has 2 heterocycles. The summed E-state index contributed by atoms with van der Waals surface area (Å²) in [6.07, 6.45) is -3.42. The fraction of sp³-hybridized carbons (Fsp3) is 0.538. The van der Waals surface area contributed by atoms with Crippen molar-refractivity contribution < 1.29 is 46.1 Å². The number of aromatic nitrogens is 1. The van der Waals surface area contributed by atoms with E-state index in [1.807, 2.05) is 0 Å². The molecule has 208 valence electrons. The van der Waals surface area contributed by atoms with Crippen LogP contribution in [0, 0.1) is 17.6 Å². The van der Waals surface area contributed by atoms with E-state index in [0.717, 1.165) is 39.0 Å². The van der Waals surface area contributed by atoms with Gasteiger partial charge in [0.15, 0.2) is 17.2 Å². The molecule has 4 rings (SSSR count). The standard InChI is InChI=1S/C26H29F5N2O5/c1-13-20(15-8-9-16(27)21(28)22(15)36-3)23(38-25(13,2)26(29,30)31)24(35)33-14-10-11-32-19(12-14)37-18-7-5-4-6-17(18)34/h8-13,17-18,20,23,34H,4-7H2,1-3H3,(H,32,33,35)/t13-,17+,18-,20-,23+,25+/m0/s1. The Kier molecular flexibility index (Phi) is 7.85. The van der Waals surface area contributed by atoms with Gasteiger partial charge in [-0.15, -0.1) is 0 Å². The van der Waals surface area contributed by atoms with Gasteiger partial charge in [-0.2, -0.15) is 17.6 Å². The maximum atomic E-state index is 14.5. The van der Waals surface area contributed by atoms with Gasteiger partial charge in [0.2, 0.25) is 11.7 Å². The summed E-state index contributed by atoms with van der Waals surface area (Å²) in [5.41, 5.74) is -2.73. The van der Waals surface area contributed by atoms with Crippen molar-refractivity contribution in [2.75, 3.05) is 12.4 Å². The Morgan fingerprint density at radius 3 is 2.58 bits per heavy atom. The van der Waals surface area contributed by atoms with Gasteiger partial charge in [0, 0.05) is 35.3 Å². The number of carbonyl (C=O) groups excluding carboxylic acids is 1. The second kappa shape index (κ2) is 10.6. The Hall–Kier alpha value is -2.99. The van der Waals surface area contributed by atoms with E-state index in [1.165, 1.54) is 25.3 Å². The minimum atomic E-state index is -4.87. The van der Waals surface area contributed by atoms with Crippen LogP contribution >= 0.6 is 0 Å². The van der Waals surface area contributed by atoms with Crippen LogP contribution < -0.4 is 14.8 Å². The maximum Gasteiger partial charge on any atom is 0.417 e. The van der Waals surface area contributed by atoms with Gasteiger partial charge in [0.1, 0.15) is 12.2 Å². The summed E-state index contributed by atoms with van der Waals surface area (Å²) in [5, 5.41) is 12.7. The van der Waals surface area contributed by atoms with E-state index < -0.39 is 65.2 Å². The van der Waals surface area contributed by atoms with E-state index in [0.29, 0.717) is 12.8 Å². The van der Waals surface area contributed by atoms with Crippen LogP contribution in [-0.4, -0.2) is 53.2 Å². The highest BCUT2D eigenvalue weighted by molar-refractivity contribution is 5.95. The molecule has 0 radical (unpaired) electrons. The van der Waals surface area contributed by atoms with Gasteiger partial charge in [-0.1, -0.05) is 19.4 Å². The van der Waals surface area contributed by atoms with E-state index >= 15 is 0 Å². The molecule has 1 amide bonds. The number of anilines is 1. The first-order chi connectivity index (χ1) is 17.9. The number of aliphatic hydroxyl groups excluding tert-OH is 1. The number of nitrogens with zero attached hydrogens (tertiary/aromatic N) is 1. The zero-order valence-corrected chi connectivity index (χ0v) is 21.0. The van der Waals surface area contributed by atoms with Crippen molar-refractivity contribution in [3.8, 4) is 11.6 Å². The number of amides is 1. The zero-order chi connectivity index (χ0) is 27.8. The summed E-state index contributed by atoms with van der Waals surface area (Å²) in [5.74, 6) is -6.74. The Labute approximate surface area is 216 Å². The average Bonchev–Trinajstić information content (AvgIpc) is 3.14. The first kappa shape index (κ1) is 28.0. The lowest BCUT2D eigenvalue weighted by atomic mass is 9.77. The third kappa shape index (κ3) is 5.15. The third-order valence-electron chi connectivity index (χ3n) is 7.51. The first-order valence-corrected chi connectivity index (χ1v) is 12.3. The lowest BCUT2D eigenvalue weighted by Crippen LogP contribution is -2.47. The Morgan fingerprint density at radius 1 is 1.21 bits per heavy atom. The molecule has 1 saturated carbocycles. The summed E-state index contributed by atoms with van der Waals surface area (Å²) in [4.78, 5) is 17.4. The van der Waals surface area contributed by atoms with Crippen molar-refractivity contribution in [3.05, 3.63) is 47.7 Å². The molecule has 1 aliphatic carbocycles. The predicted molar refractivity (Wildman–Crippen MR) is 126 cm³/mol. The smallest absolute Gasteiger partial charge is 0.417 e. The number of ether oxygens (including phenoxy) is 3. The fourth-order valence-corrected chi connectivity index (χ4v) is 5.17. The largest absolute Gasteiger partial charge is 0.493 e. The summed E-state index contributed by atoms with van der Waals surface area (Å²) in [7, 11) is 1.06. The second-order valence-corrected chi connectivity index (χ2v) is 9.82. The molecule has 1 aliphatic heterocycles. The number of pyridine rings is 1. The van der Waals surface area contributed by atoms with Gasteiger partial charge in [0.25, 0.3) is 5.91 Å². The van der Waals surface area contributed by atoms with E-state index in [-0.39, 0.29) is 17.1 Å². The molecule has 2 N–H and O–H groups in total. The molecule has 0 spiro atoms. The average molecular weight is 545 g/mol. The number of nitrogens with one attached hydrogen (secondary N) is 1. The van der Waals surface area contributed by atoms with Crippen molar-refractivity contribution in [3.63, 3.8) is 0 Å². The van der Waals surface area contributed by atoms with Gasteiger partial charge >= 0.3 is 6.18 Å². The van der Waals surface area contributed by atoms with Gasteiger partial charge in [-0.05, 0) is 38.3 Å². The quantitative estimate of drug-likeness (QED) is 0.491. The molecular formula is C26H29F5N2O5. The van der Waals surface area contributed by atoms with E-state index in [9.17, 15) is 31.9 Å². The highest BCUT2D eigenvalue weighted by Gasteiger charge is 2.65. The molecule has 1 saturated heterocycles. The van der Waals surface area contributed by atoms with Crippen LogP contribution in [0.2, 0.25) is 0 Å². The highest BCUT2D eigenvalue weighted by Crippen LogP contribution is 2.55. The lowest BCUT2D eigenvalue weighted by Gasteiger charge is -2.32. The molecule has 0 unspecified atom stereocenters. The van der Waals surface area contributed by atoms with Gasteiger partial charge in [0.05, 0.1) is 13.2 Å². The Balaban J connectivity index is 1.64. The number of rotatable bonds is 6. The third-order valence-corrected chi connectivity index (χ3v) is 7.51. The van der Waals surface area contributed by atoms with Crippen molar-refractivity contribution in [2.24, 2.45) is 5.92 Å². The number of aliphatic hydroxyl groups is 1. The Bertz CT molecular complexity index is 1180. The van der Waals surface area contributed by atoms with Crippen molar-refractivity contribution in [1.82, 2.24) is 4.98 Å². The minimum Gasteiger partial charge on any atom is -0.493 e. The van der Waals surface area contributed by atoms with Crippen molar-refractivity contribution >= 4 is 11.6 Å².